The van der Waals surface area contributed by atoms with Crippen molar-refractivity contribution >= 4 is 0 Å². The summed E-state index contributed by atoms with van der Waals surface area (Å²) in [7, 11) is 0. The summed E-state index contributed by atoms with van der Waals surface area (Å²) in [4.78, 5) is 4.56. The third-order valence-corrected chi connectivity index (χ3v) is 4.14. The normalized spacial score (nSPS) is 22.9. The van der Waals surface area contributed by atoms with Crippen molar-refractivity contribution in [1.29, 1.82) is 0 Å². The van der Waals surface area contributed by atoms with Crippen molar-refractivity contribution in [3.63, 3.8) is 0 Å². The molecule has 0 radical (unpaired) electrons. The first kappa shape index (κ1) is 13.3. The van der Waals surface area contributed by atoms with Crippen LogP contribution < -0.4 is 5.32 Å². The Morgan fingerprint density at radius 2 is 2.10 bits per heavy atom. The van der Waals surface area contributed by atoms with Crippen molar-refractivity contribution in [3.8, 4) is 11.4 Å². The van der Waals surface area contributed by atoms with Crippen molar-refractivity contribution in [1.82, 2.24) is 15.5 Å². The molecule has 0 spiro atoms. The van der Waals surface area contributed by atoms with E-state index in [1.165, 1.54) is 18.4 Å². The predicted octanol–water partition coefficient (Wildman–Crippen LogP) is 3.50. The van der Waals surface area contributed by atoms with Gasteiger partial charge in [0.2, 0.25) is 11.7 Å². The first-order chi connectivity index (χ1) is 9.76. The summed E-state index contributed by atoms with van der Waals surface area (Å²) in [5, 5.41) is 7.59. The van der Waals surface area contributed by atoms with Crippen molar-refractivity contribution < 1.29 is 4.52 Å². The Morgan fingerprint density at radius 3 is 2.85 bits per heavy atom. The summed E-state index contributed by atoms with van der Waals surface area (Å²) in [5.74, 6) is 2.16. The standard InChI is InChI=1S/C16H21N3O/c1-3-12-8-9-17-14(10-12)16-18-15(19-20-16)13-6-4-11(2)5-7-13/h4-7,12,14,17H,3,8-10H2,1-2H3. The van der Waals surface area contributed by atoms with Gasteiger partial charge in [-0.15, -0.1) is 0 Å². The first-order valence-corrected chi connectivity index (χ1v) is 7.40. The third kappa shape index (κ3) is 2.75. The van der Waals surface area contributed by atoms with Crippen LogP contribution in [0.1, 0.15) is 43.7 Å². The molecule has 1 aliphatic rings. The molecule has 106 valence electrons. The molecule has 1 saturated heterocycles. The lowest BCUT2D eigenvalue weighted by atomic mass is 9.90. The maximum absolute atomic E-state index is 5.46. The first-order valence-electron chi connectivity index (χ1n) is 7.40. The molecule has 1 aliphatic heterocycles. The van der Waals surface area contributed by atoms with Crippen LogP contribution in [-0.4, -0.2) is 16.7 Å². The van der Waals surface area contributed by atoms with Crippen molar-refractivity contribution in [3.05, 3.63) is 35.7 Å². The van der Waals surface area contributed by atoms with Gasteiger partial charge in [0.05, 0.1) is 6.04 Å². The van der Waals surface area contributed by atoms with E-state index in [0.29, 0.717) is 5.82 Å². The highest BCUT2D eigenvalue weighted by atomic mass is 16.5. The number of piperidine rings is 1. The Hall–Kier alpha value is -1.68. The van der Waals surface area contributed by atoms with E-state index >= 15 is 0 Å². The molecule has 2 aromatic rings. The number of nitrogens with zero attached hydrogens (tertiary/aromatic N) is 2. The second kappa shape index (κ2) is 5.75. The van der Waals surface area contributed by atoms with Crippen LogP contribution in [0.3, 0.4) is 0 Å². The van der Waals surface area contributed by atoms with Gasteiger partial charge in [0.1, 0.15) is 0 Å². The molecular weight excluding hydrogens is 250 g/mol. The number of rotatable bonds is 3. The van der Waals surface area contributed by atoms with Crippen LogP contribution in [0, 0.1) is 12.8 Å². The zero-order valence-corrected chi connectivity index (χ0v) is 12.1. The Balaban J connectivity index is 1.78. The summed E-state index contributed by atoms with van der Waals surface area (Å²) >= 11 is 0. The minimum Gasteiger partial charge on any atom is -0.337 e. The summed E-state index contributed by atoms with van der Waals surface area (Å²) in [6, 6.07) is 8.41. The van der Waals surface area contributed by atoms with Crippen LogP contribution in [-0.2, 0) is 0 Å². The quantitative estimate of drug-likeness (QED) is 0.928. The number of hydrogen-bond donors (Lipinski definition) is 1. The van der Waals surface area contributed by atoms with E-state index in [1.54, 1.807) is 0 Å². The van der Waals surface area contributed by atoms with Crippen molar-refractivity contribution in [2.45, 2.75) is 39.2 Å². The van der Waals surface area contributed by atoms with E-state index in [-0.39, 0.29) is 6.04 Å². The average molecular weight is 271 g/mol. The number of nitrogens with one attached hydrogen (secondary N) is 1. The van der Waals surface area contributed by atoms with Crippen LogP contribution in [0.4, 0.5) is 0 Å². The van der Waals surface area contributed by atoms with Gasteiger partial charge in [-0.3, -0.25) is 0 Å². The van der Waals surface area contributed by atoms with E-state index in [1.807, 2.05) is 12.1 Å². The van der Waals surface area contributed by atoms with Gasteiger partial charge >= 0.3 is 0 Å². The molecule has 3 rings (SSSR count). The highest BCUT2D eigenvalue weighted by molar-refractivity contribution is 5.54. The Kier molecular flexibility index (Phi) is 3.83. The highest BCUT2D eigenvalue weighted by Crippen LogP contribution is 2.29. The van der Waals surface area contributed by atoms with Crippen LogP contribution in [0.15, 0.2) is 28.8 Å². The maximum atomic E-state index is 5.46. The fraction of sp³-hybridized carbons (Fsp3) is 0.500. The second-order valence-electron chi connectivity index (χ2n) is 5.63. The molecule has 2 atom stereocenters. The minimum absolute atomic E-state index is 0.209. The van der Waals surface area contributed by atoms with Gasteiger partial charge < -0.3 is 9.84 Å². The van der Waals surface area contributed by atoms with E-state index in [0.717, 1.165) is 30.3 Å². The molecular formula is C16H21N3O. The van der Waals surface area contributed by atoms with Gasteiger partial charge in [-0.25, -0.2) is 0 Å². The predicted molar refractivity (Wildman–Crippen MR) is 78.2 cm³/mol. The molecule has 0 aliphatic carbocycles. The number of benzene rings is 1. The number of hydrogen-bond acceptors (Lipinski definition) is 4. The molecule has 0 saturated carbocycles. The van der Waals surface area contributed by atoms with Gasteiger partial charge in [-0.1, -0.05) is 48.3 Å². The maximum Gasteiger partial charge on any atom is 0.244 e. The molecule has 0 bridgehead atoms. The Bertz CT molecular complexity index is 561. The van der Waals surface area contributed by atoms with Crippen molar-refractivity contribution in [2.24, 2.45) is 5.92 Å². The lowest BCUT2D eigenvalue weighted by Crippen LogP contribution is -2.31. The Labute approximate surface area is 119 Å². The number of aryl methyl sites for hydroxylation is 1. The molecule has 1 aromatic heterocycles. The van der Waals surface area contributed by atoms with Crippen LogP contribution >= 0.6 is 0 Å². The fourth-order valence-electron chi connectivity index (χ4n) is 2.75. The van der Waals surface area contributed by atoms with Gasteiger partial charge in [0, 0.05) is 5.56 Å². The van der Waals surface area contributed by atoms with Crippen LogP contribution in [0.2, 0.25) is 0 Å². The molecule has 2 heterocycles. The molecule has 4 heteroatoms. The third-order valence-electron chi connectivity index (χ3n) is 4.14. The molecule has 20 heavy (non-hydrogen) atoms. The zero-order valence-electron chi connectivity index (χ0n) is 12.1. The SMILES string of the molecule is CCC1CCNC(c2nc(-c3ccc(C)cc3)no2)C1. The highest BCUT2D eigenvalue weighted by Gasteiger charge is 2.26. The fourth-order valence-corrected chi connectivity index (χ4v) is 2.75. The molecule has 1 N–H and O–H groups in total. The van der Waals surface area contributed by atoms with Crippen LogP contribution in [0.25, 0.3) is 11.4 Å². The molecule has 4 nitrogen and oxygen atoms in total. The lowest BCUT2D eigenvalue weighted by molar-refractivity contribution is 0.246. The summed E-state index contributed by atoms with van der Waals surface area (Å²) in [6.45, 7) is 5.35. The monoisotopic (exact) mass is 271 g/mol. The molecule has 0 amide bonds. The molecule has 2 unspecified atom stereocenters. The Morgan fingerprint density at radius 1 is 1.30 bits per heavy atom. The average Bonchev–Trinajstić information content (AvgIpc) is 2.98. The smallest absolute Gasteiger partial charge is 0.244 e. The van der Waals surface area contributed by atoms with E-state index < -0.39 is 0 Å². The topological polar surface area (TPSA) is 51.0 Å². The lowest BCUT2D eigenvalue weighted by Gasteiger charge is -2.27. The summed E-state index contributed by atoms with van der Waals surface area (Å²) in [5.41, 5.74) is 2.24. The summed E-state index contributed by atoms with van der Waals surface area (Å²) < 4.78 is 5.46. The molecule has 1 fully saturated rings. The van der Waals surface area contributed by atoms with E-state index in [4.69, 9.17) is 4.52 Å². The largest absolute Gasteiger partial charge is 0.337 e. The van der Waals surface area contributed by atoms with Gasteiger partial charge in [-0.2, -0.15) is 4.98 Å². The minimum atomic E-state index is 0.209. The number of aromatic nitrogens is 2. The second-order valence-corrected chi connectivity index (χ2v) is 5.63. The molecule has 1 aromatic carbocycles. The zero-order chi connectivity index (χ0) is 13.9. The van der Waals surface area contributed by atoms with Gasteiger partial charge in [0.25, 0.3) is 0 Å². The van der Waals surface area contributed by atoms with Gasteiger partial charge in [-0.05, 0) is 32.2 Å². The van der Waals surface area contributed by atoms with E-state index in [9.17, 15) is 0 Å². The summed E-state index contributed by atoms with van der Waals surface area (Å²) in [6.07, 6.45) is 3.55. The van der Waals surface area contributed by atoms with Gasteiger partial charge in [0.15, 0.2) is 0 Å². The van der Waals surface area contributed by atoms with Crippen LogP contribution in [0.5, 0.6) is 0 Å². The van der Waals surface area contributed by atoms with Crippen molar-refractivity contribution in [2.75, 3.05) is 6.54 Å². The van der Waals surface area contributed by atoms with E-state index in [2.05, 4.69) is 41.4 Å².